The lowest BCUT2D eigenvalue weighted by atomic mass is 10.1. The lowest BCUT2D eigenvalue weighted by Crippen LogP contribution is -2.35. The van der Waals surface area contributed by atoms with Crippen LogP contribution in [-0.4, -0.2) is 41.6 Å². The molecule has 112 valence electrons. The molecule has 0 aliphatic carbocycles. The first-order valence-corrected chi connectivity index (χ1v) is 6.50. The van der Waals surface area contributed by atoms with Crippen LogP contribution in [-0.2, 0) is 16.0 Å². The van der Waals surface area contributed by atoms with Gasteiger partial charge in [-0.15, -0.1) is 13.2 Å². The predicted molar refractivity (Wildman–Crippen MR) is 80.3 cm³/mol. The Morgan fingerprint density at radius 2 is 1.81 bits per heavy atom. The molecule has 1 aromatic carbocycles. The molecular formula is C16H19NO4. The van der Waals surface area contributed by atoms with E-state index in [0.717, 1.165) is 0 Å². The van der Waals surface area contributed by atoms with Crippen LogP contribution in [0.3, 0.4) is 0 Å². The highest BCUT2D eigenvalue weighted by Gasteiger charge is 2.13. The third-order valence-electron chi connectivity index (χ3n) is 2.72. The highest BCUT2D eigenvalue weighted by molar-refractivity contribution is 5.78. The number of rotatable bonds is 9. The SMILES string of the molecule is C=CCN(CC=C)C(=O)COc1ccccc1CC(=O)O. The highest BCUT2D eigenvalue weighted by atomic mass is 16.5. The van der Waals surface area contributed by atoms with Gasteiger partial charge in [0.2, 0.25) is 0 Å². The summed E-state index contributed by atoms with van der Waals surface area (Å²) in [5.41, 5.74) is 0.539. The van der Waals surface area contributed by atoms with E-state index in [-0.39, 0.29) is 18.9 Å². The highest BCUT2D eigenvalue weighted by Crippen LogP contribution is 2.18. The molecular weight excluding hydrogens is 270 g/mol. The van der Waals surface area contributed by atoms with Gasteiger partial charge in [-0.2, -0.15) is 0 Å². The Balaban J connectivity index is 2.69. The number of carboxylic acid groups (broad SMARTS) is 1. The number of amides is 1. The Hall–Kier alpha value is -2.56. The summed E-state index contributed by atoms with van der Waals surface area (Å²) in [6.45, 7) is 7.85. The van der Waals surface area contributed by atoms with E-state index >= 15 is 0 Å². The van der Waals surface area contributed by atoms with Crippen LogP contribution < -0.4 is 4.74 Å². The summed E-state index contributed by atoms with van der Waals surface area (Å²) in [6, 6.07) is 6.78. The number of hydrogen-bond acceptors (Lipinski definition) is 3. The zero-order chi connectivity index (χ0) is 15.7. The standard InChI is InChI=1S/C16H19NO4/c1-3-9-17(10-4-2)15(18)12-21-14-8-6-5-7-13(14)11-16(19)20/h3-8H,1-2,9-12H2,(H,19,20). The van der Waals surface area contributed by atoms with Gasteiger partial charge in [-0.3, -0.25) is 9.59 Å². The van der Waals surface area contributed by atoms with Crippen molar-refractivity contribution in [1.29, 1.82) is 0 Å². The Morgan fingerprint density at radius 1 is 1.19 bits per heavy atom. The summed E-state index contributed by atoms with van der Waals surface area (Å²) in [5, 5.41) is 8.84. The van der Waals surface area contributed by atoms with Crippen LogP contribution in [0.1, 0.15) is 5.56 Å². The average molecular weight is 289 g/mol. The molecule has 0 aliphatic heterocycles. The maximum absolute atomic E-state index is 12.0. The van der Waals surface area contributed by atoms with Crippen LogP contribution >= 0.6 is 0 Å². The quantitative estimate of drug-likeness (QED) is 0.705. The van der Waals surface area contributed by atoms with E-state index in [1.165, 1.54) is 0 Å². The molecule has 5 nitrogen and oxygen atoms in total. The average Bonchev–Trinajstić information content (AvgIpc) is 2.45. The zero-order valence-electron chi connectivity index (χ0n) is 11.8. The summed E-state index contributed by atoms with van der Waals surface area (Å²) >= 11 is 0. The van der Waals surface area contributed by atoms with Gasteiger partial charge in [0.1, 0.15) is 5.75 Å². The molecule has 21 heavy (non-hydrogen) atoms. The Labute approximate surface area is 124 Å². The van der Waals surface area contributed by atoms with Crippen molar-refractivity contribution in [2.45, 2.75) is 6.42 Å². The van der Waals surface area contributed by atoms with Crippen molar-refractivity contribution >= 4 is 11.9 Å². The lowest BCUT2D eigenvalue weighted by molar-refractivity contribution is -0.136. The summed E-state index contributed by atoms with van der Waals surface area (Å²) in [4.78, 5) is 24.3. The number of ether oxygens (including phenoxy) is 1. The fraction of sp³-hybridized carbons (Fsp3) is 0.250. The van der Waals surface area contributed by atoms with Crippen molar-refractivity contribution in [2.24, 2.45) is 0 Å². The molecule has 0 atom stereocenters. The van der Waals surface area contributed by atoms with Crippen LogP contribution in [0.2, 0.25) is 0 Å². The molecule has 1 amide bonds. The van der Waals surface area contributed by atoms with Crippen molar-refractivity contribution in [2.75, 3.05) is 19.7 Å². The van der Waals surface area contributed by atoms with Gasteiger partial charge in [0.15, 0.2) is 6.61 Å². The van der Waals surface area contributed by atoms with E-state index in [0.29, 0.717) is 24.4 Å². The van der Waals surface area contributed by atoms with E-state index in [9.17, 15) is 9.59 Å². The molecule has 0 saturated heterocycles. The number of carbonyl (C=O) groups is 2. The second-order valence-corrected chi connectivity index (χ2v) is 4.34. The molecule has 0 radical (unpaired) electrons. The van der Waals surface area contributed by atoms with E-state index in [1.54, 1.807) is 41.3 Å². The fourth-order valence-corrected chi connectivity index (χ4v) is 1.77. The topological polar surface area (TPSA) is 66.8 Å². The van der Waals surface area contributed by atoms with Crippen molar-refractivity contribution in [1.82, 2.24) is 4.90 Å². The third-order valence-corrected chi connectivity index (χ3v) is 2.72. The van der Waals surface area contributed by atoms with Gasteiger partial charge in [-0.25, -0.2) is 0 Å². The van der Waals surface area contributed by atoms with Gasteiger partial charge in [-0.05, 0) is 6.07 Å². The minimum absolute atomic E-state index is 0.145. The van der Waals surface area contributed by atoms with E-state index < -0.39 is 5.97 Å². The third kappa shape index (κ3) is 5.52. The number of carbonyl (C=O) groups excluding carboxylic acids is 1. The maximum Gasteiger partial charge on any atom is 0.307 e. The van der Waals surface area contributed by atoms with Crippen molar-refractivity contribution in [3.63, 3.8) is 0 Å². The molecule has 0 saturated carbocycles. The predicted octanol–water partition coefficient (Wildman–Crippen LogP) is 1.89. The molecule has 0 unspecified atom stereocenters. The molecule has 0 aromatic heterocycles. The number of hydrogen-bond donors (Lipinski definition) is 1. The van der Waals surface area contributed by atoms with Gasteiger partial charge < -0.3 is 14.7 Å². The number of aliphatic carboxylic acids is 1. The smallest absolute Gasteiger partial charge is 0.307 e. The summed E-state index contributed by atoms with van der Waals surface area (Å²) in [5.74, 6) is -0.748. The first-order valence-electron chi connectivity index (χ1n) is 6.50. The van der Waals surface area contributed by atoms with E-state index in [2.05, 4.69) is 13.2 Å². The summed E-state index contributed by atoms with van der Waals surface area (Å²) in [6.07, 6.45) is 3.10. The Kier molecular flexibility index (Phi) is 6.74. The first-order chi connectivity index (χ1) is 10.1. The normalized spacial score (nSPS) is 9.71. The van der Waals surface area contributed by atoms with E-state index in [1.807, 2.05) is 0 Å². The number of carboxylic acids is 1. The molecule has 0 heterocycles. The van der Waals surface area contributed by atoms with Crippen LogP contribution in [0, 0.1) is 0 Å². The minimum atomic E-state index is -0.947. The number of para-hydroxylation sites is 1. The van der Waals surface area contributed by atoms with Crippen LogP contribution in [0.25, 0.3) is 0 Å². The molecule has 0 bridgehead atoms. The maximum atomic E-state index is 12.0. The largest absolute Gasteiger partial charge is 0.483 e. The fourth-order valence-electron chi connectivity index (χ4n) is 1.77. The van der Waals surface area contributed by atoms with Crippen LogP contribution in [0.15, 0.2) is 49.6 Å². The van der Waals surface area contributed by atoms with Gasteiger partial charge in [0.25, 0.3) is 5.91 Å². The first kappa shape index (κ1) is 16.5. The van der Waals surface area contributed by atoms with Gasteiger partial charge in [0.05, 0.1) is 6.42 Å². The van der Waals surface area contributed by atoms with Gasteiger partial charge in [-0.1, -0.05) is 30.4 Å². The molecule has 0 aliphatic rings. The van der Waals surface area contributed by atoms with Crippen molar-refractivity contribution < 1.29 is 19.4 Å². The second-order valence-electron chi connectivity index (χ2n) is 4.34. The van der Waals surface area contributed by atoms with Crippen molar-refractivity contribution in [3.8, 4) is 5.75 Å². The van der Waals surface area contributed by atoms with Crippen LogP contribution in [0.4, 0.5) is 0 Å². The second kappa shape index (κ2) is 8.58. The lowest BCUT2D eigenvalue weighted by Gasteiger charge is -2.19. The number of nitrogens with zero attached hydrogens (tertiary/aromatic N) is 1. The van der Waals surface area contributed by atoms with Crippen molar-refractivity contribution in [3.05, 3.63) is 55.1 Å². The number of benzene rings is 1. The summed E-state index contributed by atoms with van der Waals surface area (Å²) < 4.78 is 5.45. The van der Waals surface area contributed by atoms with Gasteiger partial charge >= 0.3 is 5.97 Å². The van der Waals surface area contributed by atoms with E-state index in [4.69, 9.17) is 9.84 Å². The van der Waals surface area contributed by atoms with Crippen LogP contribution in [0.5, 0.6) is 5.75 Å². The zero-order valence-corrected chi connectivity index (χ0v) is 11.8. The molecule has 1 aromatic rings. The Bertz CT molecular complexity index is 515. The molecule has 1 rings (SSSR count). The van der Waals surface area contributed by atoms with Gasteiger partial charge in [0, 0.05) is 18.7 Å². The minimum Gasteiger partial charge on any atom is -0.483 e. The monoisotopic (exact) mass is 289 g/mol. The Morgan fingerprint density at radius 3 is 2.38 bits per heavy atom. The molecule has 5 heteroatoms. The molecule has 1 N–H and O–H groups in total. The molecule has 0 spiro atoms. The molecule has 0 fully saturated rings. The summed E-state index contributed by atoms with van der Waals surface area (Å²) in [7, 11) is 0.